The Morgan fingerprint density at radius 3 is 3.00 bits per heavy atom. The van der Waals surface area contributed by atoms with Crippen LogP contribution >= 0.6 is 0 Å². The average molecular weight is 260 g/mol. The Kier molecular flexibility index (Phi) is 4.20. The van der Waals surface area contributed by atoms with Gasteiger partial charge in [0, 0.05) is 19.6 Å². The summed E-state index contributed by atoms with van der Waals surface area (Å²) in [7, 11) is 0. The molecule has 0 saturated carbocycles. The second-order valence-electron chi connectivity index (χ2n) is 5.66. The molecule has 1 unspecified atom stereocenters. The quantitative estimate of drug-likeness (QED) is 0.895. The minimum absolute atomic E-state index is 0.0398. The van der Waals surface area contributed by atoms with E-state index in [0.29, 0.717) is 5.56 Å². The van der Waals surface area contributed by atoms with Crippen molar-refractivity contribution in [1.82, 2.24) is 4.90 Å². The highest BCUT2D eigenvalue weighted by molar-refractivity contribution is 5.32. The molecule has 1 aromatic rings. The fourth-order valence-electron chi connectivity index (χ4n) is 2.63. The lowest BCUT2D eigenvalue weighted by molar-refractivity contribution is -0.150. The Bertz CT molecular complexity index is 479. The summed E-state index contributed by atoms with van der Waals surface area (Å²) in [6.45, 7) is 6.43. The predicted octanol–water partition coefficient (Wildman–Crippen LogP) is 1.53. The predicted molar refractivity (Wildman–Crippen MR) is 72.5 cm³/mol. The summed E-state index contributed by atoms with van der Waals surface area (Å²) in [5, 5.41) is 18.2. The number of hydrogen-bond acceptors (Lipinski definition) is 4. The number of ether oxygens (including phenoxy) is 1. The second-order valence-corrected chi connectivity index (χ2v) is 5.66. The van der Waals surface area contributed by atoms with E-state index in [1.165, 1.54) is 0 Å². The van der Waals surface area contributed by atoms with E-state index in [2.05, 4.69) is 11.0 Å². The summed E-state index contributed by atoms with van der Waals surface area (Å²) < 4.78 is 5.79. The molecular weight excluding hydrogens is 240 g/mol. The first-order chi connectivity index (χ1) is 9.02. The lowest BCUT2D eigenvalue weighted by Crippen LogP contribution is -2.53. The molecule has 0 amide bonds. The van der Waals surface area contributed by atoms with Gasteiger partial charge in [-0.3, -0.25) is 4.90 Å². The molecule has 0 aliphatic carbocycles. The smallest absolute Gasteiger partial charge is 0.0991 e. The van der Waals surface area contributed by atoms with Crippen LogP contribution in [-0.2, 0) is 11.3 Å². The molecule has 0 radical (unpaired) electrons. The monoisotopic (exact) mass is 260 g/mol. The molecule has 19 heavy (non-hydrogen) atoms. The molecule has 1 saturated heterocycles. The maximum atomic E-state index is 9.29. The summed E-state index contributed by atoms with van der Waals surface area (Å²) in [5.74, 6) is 0. The van der Waals surface area contributed by atoms with Crippen molar-refractivity contribution in [2.45, 2.75) is 32.1 Å². The lowest BCUT2D eigenvalue weighted by atomic mass is 10.0. The second kappa shape index (κ2) is 5.70. The van der Waals surface area contributed by atoms with Crippen LogP contribution in [0.25, 0.3) is 0 Å². The minimum Gasteiger partial charge on any atom is -0.394 e. The van der Waals surface area contributed by atoms with Crippen LogP contribution in [0.1, 0.15) is 25.0 Å². The first-order valence-corrected chi connectivity index (χ1v) is 6.52. The average Bonchev–Trinajstić information content (AvgIpc) is 2.37. The van der Waals surface area contributed by atoms with E-state index in [1.807, 2.05) is 38.1 Å². The molecule has 1 heterocycles. The third-order valence-electron chi connectivity index (χ3n) is 3.22. The maximum Gasteiger partial charge on any atom is 0.0991 e. The molecule has 0 aromatic heterocycles. The summed E-state index contributed by atoms with van der Waals surface area (Å²) in [6, 6.07) is 9.81. The fourth-order valence-corrected chi connectivity index (χ4v) is 2.63. The van der Waals surface area contributed by atoms with Crippen molar-refractivity contribution < 1.29 is 9.84 Å². The molecule has 0 spiro atoms. The molecule has 1 aliphatic rings. The molecule has 2 rings (SSSR count). The van der Waals surface area contributed by atoms with Gasteiger partial charge in [-0.1, -0.05) is 12.1 Å². The number of morpholine rings is 1. The van der Waals surface area contributed by atoms with Crippen LogP contribution < -0.4 is 0 Å². The Labute approximate surface area is 114 Å². The van der Waals surface area contributed by atoms with Crippen LogP contribution in [0.5, 0.6) is 0 Å². The van der Waals surface area contributed by atoms with Crippen molar-refractivity contribution in [3.8, 4) is 6.07 Å². The van der Waals surface area contributed by atoms with Crippen LogP contribution in [0.15, 0.2) is 24.3 Å². The number of aliphatic hydroxyl groups excluding tert-OH is 1. The summed E-state index contributed by atoms with van der Waals surface area (Å²) in [6.07, 6.45) is -0.136. The topological polar surface area (TPSA) is 56.5 Å². The molecule has 1 N–H and O–H groups in total. The number of nitrogens with zero attached hydrogens (tertiary/aromatic N) is 2. The van der Waals surface area contributed by atoms with Gasteiger partial charge in [0.25, 0.3) is 0 Å². The number of benzene rings is 1. The van der Waals surface area contributed by atoms with Crippen molar-refractivity contribution in [1.29, 1.82) is 5.26 Å². The van der Waals surface area contributed by atoms with E-state index in [0.717, 1.165) is 25.2 Å². The van der Waals surface area contributed by atoms with Gasteiger partial charge in [0.05, 0.1) is 29.9 Å². The van der Waals surface area contributed by atoms with E-state index in [-0.39, 0.29) is 18.3 Å². The first-order valence-electron chi connectivity index (χ1n) is 6.52. The molecule has 4 nitrogen and oxygen atoms in total. The van der Waals surface area contributed by atoms with Crippen molar-refractivity contribution in [2.75, 3.05) is 19.7 Å². The number of aliphatic hydroxyl groups is 1. The Hall–Kier alpha value is -1.41. The zero-order valence-corrected chi connectivity index (χ0v) is 11.5. The largest absolute Gasteiger partial charge is 0.394 e. The number of hydrogen-bond donors (Lipinski definition) is 1. The van der Waals surface area contributed by atoms with Gasteiger partial charge >= 0.3 is 0 Å². The van der Waals surface area contributed by atoms with Crippen LogP contribution in [0.2, 0.25) is 0 Å². The molecule has 1 aliphatic heterocycles. The minimum atomic E-state index is -0.252. The van der Waals surface area contributed by atoms with Crippen LogP contribution in [0.4, 0.5) is 0 Å². The lowest BCUT2D eigenvalue weighted by Gasteiger charge is -2.42. The summed E-state index contributed by atoms with van der Waals surface area (Å²) in [4.78, 5) is 2.26. The van der Waals surface area contributed by atoms with Crippen molar-refractivity contribution >= 4 is 0 Å². The van der Waals surface area contributed by atoms with E-state index < -0.39 is 0 Å². The Morgan fingerprint density at radius 1 is 1.53 bits per heavy atom. The van der Waals surface area contributed by atoms with Gasteiger partial charge in [0.1, 0.15) is 0 Å². The zero-order valence-electron chi connectivity index (χ0n) is 11.5. The van der Waals surface area contributed by atoms with Crippen LogP contribution in [0, 0.1) is 11.3 Å². The number of rotatable bonds is 3. The van der Waals surface area contributed by atoms with E-state index in [9.17, 15) is 5.11 Å². The molecule has 1 aromatic carbocycles. The highest BCUT2D eigenvalue weighted by atomic mass is 16.5. The van der Waals surface area contributed by atoms with Gasteiger partial charge in [0.15, 0.2) is 0 Å². The van der Waals surface area contributed by atoms with Gasteiger partial charge in [0.2, 0.25) is 0 Å². The van der Waals surface area contributed by atoms with Crippen LogP contribution in [-0.4, -0.2) is 41.4 Å². The van der Waals surface area contributed by atoms with Crippen molar-refractivity contribution in [2.24, 2.45) is 0 Å². The van der Waals surface area contributed by atoms with Gasteiger partial charge in [-0.15, -0.1) is 0 Å². The molecule has 0 bridgehead atoms. The van der Waals surface area contributed by atoms with Gasteiger partial charge in [-0.25, -0.2) is 0 Å². The third kappa shape index (κ3) is 3.77. The normalized spacial score (nSPS) is 22.9. The SMILES string of the molecule is CC1(C)CN(Cc2cccc(C#N)c2)CC(CO)O1. The molecule has 102 valence electrons. The molecule has 4 heteroatoms. The van der Waals surface area contributed by atoms with E-state index >= 15 is 0 Å². The zero-order chi connectivity index (χ0) is 13.9. The highest BCUT2D eigenvalue weighted by Crippen LogP contribution is 2.22. The van der Waals surface area contributed by atoms with Crippen molar-refractivity contribution in [3.05, 3.63) is 35.4 Å². The Morgan fingerprint density at radius 2 is 2.32 bits per heavy atom. The molecule has 1 atom stereocenters. The summed E-state index contributed by atoms with van der Waals surface area (Å²) >= 11 is 0. The first kappa shape index (κ1) is 14.0. The molecular formula is C15H20N2O2. The van der Waals surface area contributed by atoms with Gasteiger partial charge in [-0.2, -0.15) is 5.26 Å². The van der Waals surface area contributed by atoms with E-state index in [1.54, 1.807) is 0 Å². The van der Waals surface area contributed by atoms with E-state index in [4.69, 9.17) is 10.00 Å². The fraction of sp³-hybridized carbons (Fsp3) is 0.533. The summed E-state index contributed by atoms with van der Waals surface area (Å²) in [5.41, 5.74) is 1.55. The highest BCUT2D eigenvalue weighted by Gasteiger charge is 2.32. The van der Waals surface area contributed by atoms with Crippen LogP contribution in [0.3, 0.4) is 0 Å². The third-order valence-corrected chi connectivity index (χ3v) is 3.22. The van der Waals surface area contributed by atoms with Crippen molar-refractivity contribution in [3.63, 3.8) is 0 Å². The number of nitriles is 1. The Balaban J connectivity index is 2.07. The maximum absolute atomic E-state index is 9.29. The van der Waals surface area contributed by atoms with Gasteiger partial charge < -0.3 is 9.84 Å². The molecule has 1 fully saturated rings. The standard InChI is InChI=1S/C15H20N2O2/c1-15(2)11-17(9-14(10-18)19-15)8-13-5-3-4-12(6-13)7-16/h3-6,14,18H,8-11H2,1-2H3. The van der Waals surface area contributed by atoms with Gasteiger partial charge in [-0.05, 0) is 31.5 Å².